The van der Waals surface area contributed by atoms with E-state index in [0.717, 1.165) is 17.7 Å². The fraction of sp³-hybridized carbons (Fsp3) is 0.611. The highest BCUT2D eigenvalue weighted by molar-refractivity contribution is 7.93. The van der Waals surface area contributed by atoms with Gasteiger partial charge in [0.2, 0.25) is 5.91 Å². The van der Waals surface area contributed by atoms with Gasteiger partial charge in [-0.2, -0.15) is 0 Å². The van der Waals surface area contributed by atoms with E-state index < -0.39 is 26.2 Å². The summed E-state index contributed by atoms with van der Waals surface area (Å²) in [6.07, 6.45) is 0. The Bertz CT molecular complexity index is 654. The summed E-state index contributed by atoms with van der Waals surface area (Å²) in [5.74, 6) is -0.448. The lowest BCUT2D eigenvalue weighted by atomic mass is 10.1. The number of benzene rings is 1. The van der Waals surface area contributed by atoms with Crippen LogP contribution >= 0.6 is 0 Å². The van der Waals surface area contributed by atoms with Crippen molar-refractivity contribution in [2.75, 3.05) is 7.05 Å². The third-order valence-electron chi connectivity index (χ3n) is 4.39. The zero-order valence-corrected chi connectivity index (χ0v) is 16.4. The molecule has 0 aliphatic rings. The highest BCUT2D eigenvalue weighted by atomic mass is 32.2. The summed E-state index contributed by atoms with van der Waals surface area (Å²) < 4.78 is 24.2. The topological polar surface area (TPSA) is 66.5 Å². The Morgan fingerprint density at radius 3 is 2.12 bits per heavy atom. The second-order valence-corrected chi connectivity index (χ2v) is 9.60. The zero-order chi connectivity index (χ0) is 18.5. The van der Waals surface area contributed by atoms with Gasteiger partial charge in [-0.15, -0.1) is 0 Å². The minimum Gasteiger partial charge on any atom is -0.351 e. The SMILES string of the molecule is CC(C)N(C)Cc1ccccc1CNC(=O)C(C)S(=O)(=O)C(C)C. The first-order valence-electron chi connectivity index (χ1n) is 8.34. The first-order valence-corrected chi connectivity index (χ1v) is 9.95. The van der Waals surface area contributed by atoms with Crippen LogP contribution in [0.2, 0.25) is 0 Å². The van der Waals surface area contributed by atoms with Crippen molar-refractivity contribution < 1.29 is 13.2 Å². The van der Waals surface area contributed by atoms with Crippen LogP contribution in [0.4, 0.5) is 0 Å². The number of amides is 1. The van der Waals surface area contributed by atoms with E-state index in [1.807, 2.05) is 24.3 Å². The third-order valence-corrected chi connectivity index (χ3v) is 6.91. The molecule has 0 aromatic heterocycles. The number of hydrogen-bond donors (Lipinski definition) is 1. The van der Waals surface area contributed by atoms with Crippen molar-refractivity contribution in [1.29, 1.82) is 0 Å². The Morgan fingerprint density at radius 1 is 1.08 bits per heavy atom. The van der Waals surface area contributed by atoms with E-state index in [0.29, 0.717) is 12.6 Å². The molecule has 5 nitrogen and oxygen atoms in total. The number of carbonyl (C=O) groups is 1. The van der Waals surface area contributed by atoms with Crippen LogP contribution in [0.1, 0.15) is 45.7 Å². The molecule has 0 saturated carbocycles. The van der Waals surface area contributed by atoms with Gasteiger partial charge in [0.25, 0.3) is 0 Å². The molecule has 1 aromatic carbocycles. The summed E-state index contributed by atoms with van der Waals surface area (Å²) in [6.45, 7) is 10.0. The molecule has 0 fully saturated rings. The van der Waals surface area contributed by atoms with Gasteiger partial charge in [0, 0.05) is 19.1 Å². The molecule has 1 aromatic rings. The lowest BCUT2D eigenvalue weighted by Gasteiger charge is -2.23. The number of nitrogens with zero attached hydrogens (tertiary/aromatic N) is 1. The molecule has 0 aliphatic heterocycles. The highest BCUT2D eigenvalue weighted by Gasteiger charge is 2.30. The summed E-state index contributed by atoms with van der Waals surface area (Å²) in [5.41, 5.74) is 2.14. The van der Waals surface area contributed by atoms with E-state index in [9.17, 15) is 13.2 Å². The first kappa shape index (κ1) is 20.6. The van der Waals surface area contributed by atoms with Crippen LogP contribution in [-0.2, 0) is 27.7 Å². The monoisotopic (exact) mass is 354 g/mol. The maximum Gasteiger partial charge on any atom is 0.238 e. The number of hydrogen-bond acceptors (Lipinski definition) is 4. The average molecular weight is 355 g/mol. The van der Waals surface area contributed by atoms with Gasteiger partial charge in [0.15, 0.2) is 9.84 Å². The molecular weight excluding hydrogens is 324 g/mol. The Hall–Kier alpha value is -1.40. The molecular formula is C18H30N2O3S. The van der Waals surface area contributed by atoms with E-state index in [2.05, 4.69) is 31.1 Å². The second kappa shape index (κ2) is 8.62. The van der Waals surface area contributed by atoms with Crippen LogP contribution < -0.4 is 5.32 Å². The molecule has 0 radical (unpaired) electrons. The van der Waals surface area contributed by atoms with Crippen LogP contribution in [-0.4, -0.2) is 42.8 Å². The van der Waals surface area contributed by atoms with E-state index in [1.54, 1.807) is 13.8 Å². The quantitative estimate of drug-likeness (QED) is 0.778. The molecule has 1 rings (SSSR count). The summed E-state index contributed by atoms with van der Waals surface area (Å²) in [6, 6.07) is 8.32. The van der Waals surface area contributed by atoms with E-state index in [1.165, 1.54) is 6.92 Å². The summed E-state index contributed by atoms with van der Waals surface area (Å²) >= 11 is 0. The van der Waals surface area contributed by atoms with Gasteiger partial charge >= 0.3 is 0 Å². The minimum absolute atomic E-state index is 0.332. The predicted octanol–water partition coefficient (Wildman–Crippen LogP) is 2.35. The Balaban J connectivity index is 2.80. The van der Waals surface area contributed by atoms with Gasteiger partial charge in [0.1, 0.15) is 5.25 Å². The summed E-state index contributed by atoms with van der Waals surface area (Å²) in [4.78, 5) is 14.4. The van der Waals surface area contributed by atoms with Crippen LogP contribution in [0.25, 0.3) is 0 Å². The van der Waals surface area contributed by atoms with Crippen molar-refractivity contribution in [3.8, 4) is 0 Å². The lowest BCUT2D eigenvalue weighted by Crippen LogP contribution is -2.40. The Labute approximate surface area is 146 Å². The molecule has 0 aliphatic carbocycles. The molecule has 24 heavy (non-hydrogen) atoms. The maximum atomic E-state index is 12.2. The Kier molecular flexibility index (Phi) is 7.42. The molecule has 0 spiro atoms. The van der Waals surface area contributed by atoms with Gasteiger partial charge < -0.3 is 5.32 Å². The van der Waals surface area contributed by atoms with Gasteiger partial charge in [-0.1, -0.05) is 24.3 Å². The second-order valence-electron chi connectivity index (χ2n) is 6.78. The molecule has 0 bridgehead atoms. The standard InChI is InChI=1S/C18H30N2O3S/c1-13(2)20(6)12-17-10-8-7-9-16(17)11-19-18(21)15(5)24(22,23)14(3)4/h7-10,13-15H,11-12H2,1-6H3,(H,19,21). The van der Waals surface area contributed by atoms with Crippen molar-refractivity contribution in [3.63, 3.8) is 0 Å². The van der Waals surface area contributed by atoms with Crippen LogP contribution in [0.5, 0.6) is 0 Å². The number of carbonyl (C=O) groups excluding carboxylic acids is 1. The third kappa shape index (κ3) is 5.31. The molecule has 1 atom stereocenters. The summed E-state index contributed by atoms with van der Waals surface area (Å²) in [5, 5.41) is 1.16. The van der Waals surface area contributed by atoms with E-state index in [4.69, 9.17) is 0 Å². The fourth-order valence-electron chi connectivity index (χ4n) is 2.22. The normalized spacial score (nSPS) is 13.5. The molecule has 1 amide bonds. The number of rotatable bonds is 8. The first-order chi connectivity index (χ1) is 11.1. The zero-order valence-electron chi connectivity index (χ0n) is 15.5. The van der Waals surface area contributed by atoms with Crippen molar-refractivity contribution in [3.05, 3.63) is 35.4 Å². The Morgan fingerprint density at radius 2 is 1.62 bits per heavy atom. The van der Waals surface area contributed by atoms with Crippen molar-refractivity contribution in [2.45, 2.75) is 64.2 Å². The molecule has 1 unspecified atom stereocenters. The molecule has 0 saturated heterocycles. The van der Waals surface area contributed by atoms with Gasteiger partial charge in [-0.05, 0) is 52.8 Å². The van der Waals surface area contributed by atoms with Gasteiger partial charge in [-0.25, -0.2) is 8.42 Å². The van der Waals surface area contributed by atoms with E-state index in [-0.39, 0.29) is 0 Å². The summed E-state index contributed by atoms with van der Waals surface area (Å²) in [7, 11) is -1.39. The molecule has 136 valence electrons. The van der Waals surface area contributed by atoms with Crippen molar-refractivity contribution in [1.82, 2.24) is 10.2 Å². The van der Waals surface area contributed by atoms with Crippen LogP contribution in [0.3, 0.4) is 0 Å². The number of nitrogens with one attached hydrogen (secondary N) is 1. The van der Waals surface area contributed by atoms with Gasteiger partial charge in [-0.3, -0.25) is 9.69 Å². The lowest BCUT2D eigenvalue weighted by molar-refractivity contribution is -0.120. The van der Waals surface area contributed by atoms with Gasteiger partial charge in [0.05, 0.1) is 5.25 Å². The predicted molar refractivity (Wildman–Crippen MR) is 98.4 cm³/mol. The maximum absolute atomic E-state index is 12.2. The van der Waals surface area contributed by atoms with Crippen molar-refractivity contribution >= 4 is 15.7 Å². The highest BCUT2D eigenvalue weighted by Crippen LogP contribution is 2.14. The average Bonchev–Trinajstić information content (AvgIpc) is 2.52. The van der Waals surface area contributed by atoms with Crippen LogP contribution in [0, 0.1) is 0 Å². The molecule has 0 heterocycles. The smallest absolute Gasteiger partial charge is 0.238 e. The minimum atomic E-state index is -3.44. The molecule has 6 heteroatoms. The van der Waals surface area contributed by atoms with Crippen molar-refractivity contribution in [2.24, 2.45) is 0 Å². The molecule has 1 N–H and O–H groups in total. The number of sulfone groups is 1. The largest absolute Gasteiger partial charge is 0.351 e. The fourth-order valence-corrected chi connectivity index (χ4v) is 3.42. The van der Waals surface area contributed by atoms with Crippen LogP contribution in [0.15, 0.2) is 24.3 Å². The van der Waals surface area contributed by atoms with E-state index >= 15 is 0 Å².